The van der Waals surface area contributed by atoms with Crippen molar-refractivity contribution in [1.29, 1.82) is 0 Å². The Hall–Kier alpha value is -2.04. The van der Waals surface area contributed by atoms with Gasteiger partial charge in [0.05, 0.1) is 22.8 Å². The van der Waals surface area contributed by atoms with Gasteiger partial charge in [0.25, 0.3) is 0 Å². The van der Waals surface area contributed by atoms with E-state index in [2.05, 4.69) is 10.6 Å². The van der Waals surface area contributed by atoms with Crippen molar-refractivity contribution in [1.82, 2.24) is 10.6 Å². The largest absolute Gasteiger partial charge is 0.340 e. The van der Waals surface area contributed by atoms with Gasteiger partial charge in [-0.05, 0) is 35.1 Å². The first-order valence-electron chi connectivity index (χ1n) is 8.59. The van der Waals surface area contributed by atoms with Gasteiger partial charge in [-0.25, -0.2) is 0 Å². The van der Waals surface area contributed by atoms with Crippen LogP contribution in [0, 0.1) is 0 Å². The van der Waals surface area contributed by atoms with Crippen LogP contribution in [0.15, 0.2) is 48.5 Å². The lowest BCUT2D eigenvalue weighted by Gasteiger charge is -2.20. The molecule has 0 heterocycles. The molecule has 4 atom stereocenters. The van der Waals surface area contributed by atoms with Crippen LogP contribution in [0.5, 0.6) is 0 Å². The van der Waals surface area contributed by atoms with Crippen LogP contribution in [0.1, 0.15) is 34.3 Å². The molecule has 26 heavy (non-hydrogen) atoms. The molecule has 0 saturated carbocycles. The van der Waals surface area contributed by atoms with E-state index in [4.69, 9.17) is 23.2 Å². The van der Waals surface area contributed by atoms with Crippen molar-refractivity contribution >= 4 is 35.0 Å². The molecule has 134 valence electrons. The number of hydrogen-bond donors (Lipinski definition) is 2. The van der Waals surface area contributed by atoms with Crippen molar-refractivity contribution < 1.29 is 9.59 Å². The summed E-state index contributed by atoms with van der Waals surface area (Å²) in [6.45, 7) is 0. The maximum absolute atomic E-state index is 12.4. The molecule has 0 unspecified atom stereocenters. The summed E-state index contributed by atoms with van der Waals surface area (Å²) in [7, 11) is 0. The van der Waals surface area contributed by atoms with E-state index in [0.717, 1.165) is 22.3 Å². The highest BCUT2D eigenvalue weighted by Crippen LogP contribution is 2.36. The van der Waals surface area contributed by atoms with E-state index in [1.165, 1.54) is 0 Å². The monoisotopic (exact) mass is 388 g/mol. The van der Waals surface area contributed by atoms with Gasteiger partial charge in [-0.15, -0.1) is 23.2 Å². The maximum atomic E-state index is 12.4. The van der Waals surface area contributed by atoms with Gasteiger partial charge in [0.1, 0.15) is 0 Å². The van der Waals surface area contributed by atoms with Crippen molar-refractivity contribution in [3.05, 3.63) is 70.8 Å². The number of alkyl halides is 2. The van der Waals surface area contributed by atoms with Gasteiger partial charge in [-0.2, -0.15) is 0 Å². The molecule has 0 bridgehead atoms. The fourth-order valence-corrected chi connectivity index (χ4v) is 4.57. The molecule has 0 saturated heterocycles. The second-order valence-corrected chi connectivity index (χ2v) is 7.86. The minimum atomic E-state index is -0.689. The summed E-state index contributed by atoms with van der Waals surface area (Å²) in [6.07, 6.45) is 1.34. The fraction of sp³-hybridized carbons (Fsp3) is 0.300. The number of amides is 2. The number of halogens is 2. The Morgan fingerprint density at radius 1 is 0.731 bits per heavy atom. The Bertz CT molecular complexity index is 799. The zero-order valence-electron chi connectivity index (χ0n) is 13.9. The molecule has 0 fully saturated rings. The number of benzene rings is 2. The normalized spacial score (nSPS) is 26.1. The summed E-state index contributed by atoms with van der Waals surface area (Å²) >= 11 is 12.8. The molecule has 2 N–H and O–H groups in total. The molecular formula is C20H18Cl2N2O2. The molecule has 0 aromatic heterocycles. The standard InChI is InChI=1S/C20H18Cl2N2O2/c21-15-9-11-5-1-3-7-13(11)17(15)23-19(25)20(26)24-18-14-8-4-2-6-12(14)10-16(18)22/h1-8,15-18H,9-10H2,(H,23,25)(H,24,26)/t15-,16-,17-,18-/m1/s1. The molecule has 0 aliphatic heterocycles. The summed E-state index contributed by atoms with van der Waals surface area (Å²) in [5, 5.41) is 5.01. The Kier molecular flexibility index (Phi) is 4.63. The van der Waals surface area contributed by atoms with Gasteiger partial charge in [-0.3, -0.25) is 9.59 Å². The summed E-state index contributed by atoms with van der Waals surface area (Å²) < 4.78 is 0. The predicted molar refractivity (Wildman–Crippen MR) is 101 cm³/mol. The Labute approximate surface area is 161 Å². The van der Waals surface area contributed by atoms with Crippen LogP contribution in [0.2, 0.25) is 0 Å². The third-order valence-electron chi connectivity index (χ3n) is 5.11. The lowest BCUT2D eigenvalue weighted by Crippen LogP contribution is -2.45. The Morgan fingerprint density at radius 3 is 1.54 bits per heavy atom. The van der Waals surface area contributed by atoms with E-state index < -0.39 is 11.8 Å². The summed E-state index contributed by atoms with van der Waals surface area (Å²) in [6, 6.07) is 14.8. The number of nitrogens with one attached hydrogen (secondary N) is 2. The van der Waals surface area contributed by atoms with Gasteiger partial charge < -0.3 is 10.6 Å². The number of carbonyl (C=O) groups excluding carboxylic acids is 2. The summed E-state index contributed by atoms with van der Waals surface area (Å²) in [4.78, 5) is 24.9. The molecular weight excluding hydrogens is 371 g/mol. The number of fused-ring (bicyclic) bond motifs is 2. The molecule has 0 spiro atoms. The van der Waals surface area contributed by atoms with E-state index in [9.17, 15) is 9.59 Å². The highest BCUT2D eigenvalue weighted by Gasteiger charge is 2.36. The van der Waals surface area contributed by atoms with Crippen LogP contribution in [0.25, 0.3) is 0 Å². The lowest BCUT2D eigenvalue weighted by atomic mass is 10.1. The third kappa shape index (κ3) is 3.08. The number of carbonyl (C=O) groups is 2. The zero-order valence-corrected chi connectivity index (χ0v) is 15.4. The quantitative estimate of drug-likeness (QED) is 0.613. The third-order valence-corrected chi connectivity index (χ3v) is 5.93. The molecule has 4 nitrogen and oxygen atoms in total. The second kappa shape index (κ2) is 6.93. The first kappa shape index (κ1) is 17.4. The van der Waals surface area contributed by atoms with Gasteiger partial charge in [0, 0.05) is 0 Å². The smallest absolute Gasteiger partial charge is 0.309 e. The van der Waals surface area contributed by atoms with Crippen LogP contribution in [-0.4, -0.2) is 22.6 Å². The van der Waals surface area contributed by atoms with Gasteiger partial charge in [0.15, 0.2) is 0 Å². The molecule has 4 rings (SSSR count). The Morgan fingerprint density at radius 2 is 1.12 bits per heavy atom. The van der Waals surface area contributed by atoms with Crippen LogP contribution in [-0.2, 0) is 22.4 Å². The predicted octanol–water partition coefficient (Wildman–Crippen LogP) is 3.03. The average Bonchev–Trinajstić information content (AvgIpc) is 3.12. The highest BCUT2D eigenvalue weighted by molar-refractivity contribution is 6.35. The SMILES string of the molecule is O=C(N[C@@H]1c2ccccc2C[C@H]1Cl)C(=O)N[C@@H]1c2ccccc2C[C@H]1Cl. The minimum absolute atomic E-state index is 0.267. The minimum Gasteiger partial charge on any atom is -0.340 e. The van der Waals surface area contributed by atoms with Crippen LogP contribution < -0.4 is 10.6 Å². The van der Waals surface area contributed by atoms with Crippen molar-refractivity contribution in [3.8, 4) is 0 Å². The van der Waals surface area contributed by atoms with Crippen LogP contribution in [0.4, 0.5) is 0 Å². The first-order chi connectivity index (χ1) is 12.5. The first-order valence-corrected chi connectivity index (χ1v) is 9.47. The molecule has 2 aliphatic carbocycles. The summed E-state index contributed by atoms with van der Waals surface area (Å²) in [5.74, 6) is -1.38. The average molecular weight is 389 g/mol. The highest BCUT2D eigenvalue weighted by atomic mass is 35.5. The molecule has 2 aromatic carbocycles. The maximum Gasteiger partial charge on any atom is 0.309 e. The van der Waals surface area contributed by atoms with Crippen molar-refractivity contribution in [2.24, 2.45) is 0 Å². The second-order valence-electron chi connectivity index (χ2n) is 6.74. The molecule has 0 radical (unpaired) electrons. The van der Waals surface area contributed by atoms with Crippen molar-refractivity contribution in [2.75, 3.05) is 0 Å². The molecule has 2 aliphatic rings. The fourth-order valence-electron chi connectivity index (χ4n) is 3.84. The van der Waals surface area contributed by atoms with Gasteiger partial charge >= 0.3 is 11.8 Å². The van der Waals surface area contributed by atoms with E-state index >= 15 is 0 Å². The topological polar surface area (TPSA) is 58.2 Å². The molecule has 2 aromatic rings. The lowest BCUT2D eigenvalue weighted by molar-refractivity contribution is -0.140. The van der Waals surface area contributed by atoms with Crippen molar-refractivity contribution in [3.63, 3.8) is 0 Å². The molecule has 6 heteroatoms. The Balaban J connectivity index is 1.45. The van der Waals surface area contributed by atoms with E-state index in [1.807, 2.05) is 48.5 Å². The molecule has 2 amide bonds. The van der Waals surface area contributed by atoms with Gasteiger partial charge in [0.2, 0.25) is 0 Å². The van der Waals surface area contributed by atoms with E-state index in [1.54, 1.807) is 0 Å². The zero-order chi connectivity index (χ0) is 18.3. The van der Waals surface area contributed by atoms with E-state index in [-0.39, 0.29) is 22.8 Å². The van der Waals surface area contributed by atoms with Crippen LogP contribution in [0.3, 0.4) is 0 Å². The number of rotatable bonds is 2. The van der Waals surface area contributed by atoms with Gasteiger partial charge in [-0.1, -0.05) is 48.5 Å². The van der Waals surface area contributed by atoms with E-state index in [0.29, 0.717) is 12.8 Å². The summed E-state index contributed by atoms with van der Waals surface area (Å²) in [5.41, 5.74) is 4.14. The number of hydrogen-bond acceptors (Lipinski definition) is 2. The van der Waals surface area contributed by atoms with Crippen LogP contribution >= 0.6 is 23.2 Å². The van der Waals surface area contributed by atoms with Crippen molar-refractivity contribution in [2.45, 2.75) is 35.7 Å².